The SMILES string of the molecule is Cc1nn(CCCNC(=O)c2ccc(COc3ccc(F)cc3F)o2)c(Cl)c1Cl. The lowest BCUT2D eigenvalue weighted by molar-refractivity contribution is 0.0920. The molecule has 3 rings (SSSR count). The standard InChI is InChI=1S/C19H17Cl2F2N3O3/c1-11-17(20)18(21)26(25-11)8-2-7-24-19(27)16-6-4-13(29-16)10-28-15-5-3-12(22)9-14(15)23/h3-6,9H,2,7-8,10H2,1H3,(H,24,27). The van der Waals surface area contributed by atoms with Gasteiger partial charge in [0, 0.05) is 19.2 Å². The predicted molar refractivity (Wildman–Crippen MR) is 103 cm³/mol. The number of halogens is 4. The van der Waals surface area contributed by atoms with Gasteiger partial charge in [0.2, 0.25) is 0 Å². The number of carbonyl (C=O) groups is 1. The van der Waals surface area contributed by atoms with Crippen LogP contribution in [0.2, 0.25) is 10.2 Å². The highest BCUT2D eigenvalue weighted by Gasteiger charge is 2.13. The van der Waals surface area contributed by atoms with Crippen LogP contribution >= 0.6 is 23.2 Å². The second-order valence-corrected chi connectivity index (χ2v) is 6.89. The maximum Gasteiger partial charge on any atom is 0.286 e. The number of hydrogen-bond donors (Lipinski definition) is 1. The van der Waals surface area contributed by atoms with Crippen molar-refractivity contribution in [3.63, 3.8) is 0 Å². The summed E-state index contributed by atoms with van der Waals surface area (Å²) in [5, 5.41) is 7.71. The average molecular weight is 444 g/mol. The summed E-state index contributed by atoms with van der Waals surface area (Å²) in [7, 11) is 0. The third kappa shape index (κ3) is 5.27. The summed E-state index contributed by atoms with van der Waals surface area (Å²) >= 11 is 12.0. The first-order chi connectivity index (χ1) is 13.8. The Labute approximate surface area is 175 Å². The molecule has 0 aliphatic carbocycles. The zero-order valence-corrected chi connectivity index (χ0v) is 16.9. The van der Waals surface area contributed by atoms with E-state index in [1.54, 1.807) is 17.7 Å². The average Bonchev–Trinajstić information content (AvgIpc) is 3.25. The molecule has 0 atom stereocenters. The van der Waals surface area contributed by atoms with Gasteiger partial charge in [-0.15, -0.1) is 0 Å². The molecule has 1 aromatic carbocycles. The predicted octanol–water partition coefficient (Wildman–Crippen LogP) is 4.77. The van der Waals surface area contributed by atoms with Gasteiger partial charge in [-0.1, -0.05) is 23.2 Å². The van der Waals surface area contributed by atoms with E-state index in [1.807, 2.05) is 0 Å². The van der Waals surface area contributed by atoms with Crippen molar-refractivity contribution in [2.24, 2.45) is 0 Å². The summed E-state index contributed by atoms with van der Waals surface area (Å²) < 4.78 is 38.6. The molecule has 0 fully saturated rings. The highest BCUT2D eigenvalue weighted by atomic mass is 35.5. The molecule has 1 amide bonds. The molecule has 0 aliphatic heterocycles. The zero-order chi connectivity index (χ0) is 21.0. The molecule has 6 nitrogen and oxygen atoms in total. The second-order valence-electron chi connectivity index (χ2n) is 6.15. The van der Waals surface area contributed by atoms with E-state index in [0.29, 0.717) is 41.1 Å². The largest absolute Gasteiger partial charge is 0.483 e. The van der Waals surface area contributed by atoms with Gasteiger partial charge in [-0.05, 0) is 37.6 Å². The monoisotopic (exact) mass is 443 g/mol. The van der Waals surface area contributed by atoms with Crippen molar-refractivity contribution in [3.05, 3.63) is 69.4 Å². The molecule has 0 saturated carbocycles. The van der Waals surface area contributed by atoms with Gasteiger partial charge in [-0.2, -0.15) is 5.10 Å². The van der Waals surface area contributed by atoms with Crippen molar-refractivity contribution >= 4 is 29.1 Å². The second kappa shape index (κ2) is 9.28. The Morgan fingerprint density at radius 1 is 1.28 bits per heavy atom. The summed E-state index contributed by atoms with van der Waals surface area (Å²) in [5.74, 6) is -1.60. The van der Waals surface area contributed by atoms with Gasteiger partial charge in [0.1, 0.15) is 28.4 Å². The van der Waals surface area contributed by atoms with E-state index in [-0.39, 0.29) is 18.1 Å². The summed E-state index contributed by atoms with van der Waals surface area (Å²) in [6.45, 7) is 2.52. The molecule has 0 saturated heterocycles. The minimum atomic E-state index is -0.816. The molecule has 1 N–H and O–H groups in total. The van der Waals surface area contributed by atoms with Crippen LogP contribution in [0.5, 0.6) is 5.75 Å². The molecule has 0 spiro atoms. The molecule has 3 aromatic rings. The minimum absolute atomic E-state index is 0.0965. The van der Waals surface area contributed by atoms with Crippen LogP contribution in [0.15, 0.2) is 34.7 Å². The number of carbonyl (C=O) groups excluding carboxylic acids is 1. The number of ether oxygens (including phenoxy) is 1. The van der Waals surface area contributed by atoms with E-state index in [4.69, 9.17) is 32.4 Å². The Balaban J connectivity index is 1.45. The van der Waals surface area contributed by atoms with Gasteiger partial charge >= 0.3 is 0 Å². The maximum absolute atomic E-state index is 13.5. The van der Waals surface area contributed by atoms with Crippen molar-refractivity contribution in [2.45, 2.75) is 26.5 Å². The van der Waals surface area contributed by atoms with Crippen molar-refractivity contribution in [1.29, 1.82) is 0 Å². The van der Waals surface area contributed by atoms with E-state index in [1.165, 1.54) is 12.1 Å². The number of nitrogens with zero attached hydrogens (tertiary/aromatic N) is 2. The third-order valence-corrected chi connectivity index (χ3v) is 4.91. The van der Waals surface area contributed by atoms with Gasteiger partial charge < -0.3 is 14.5 Å². The molecule has 154 valence electrons. The molecular formula is C19H17Cl2F2N3O3. The van der Waals surface area contributed by atoms with Crippen LogP contribution in [0.4, 0.5) is 8.78 Å². The summed E-state index contributed by atoms with van der Waals surface area (Å²) in [6.07, 6.45) is 0.587. The normalized spacial score (nSPS) is 10.9. The van der Waals surface area contributed by atoms with Crippen LogP contribution in [0.1, 0.15) is 28.4 Å². The van der Waals surface area contributed by atoms with Crippen molar-refractivity contribution in [3.8, 4) is 5.75 Å². The molecule has 0 aliphatic rings. The minimum Gasteiger partial charge on any atom is -0.483 e. The third-order valence-electron chi connectivity index (χ3n) is 3.98. The molecule has 29 heavy (non-hydrogen) atoms. The number of amides is 1. The van der Waals surface area contributed by atoms with Crippen LogP contribution in [0.25, 0.3) is 0 Å². The number of nitrogens with one attached hydrogen (secondary N) is 1. The van der Waals surface area contributed by atoms with Crippen LogP contribution in [0, 0.1) is 18.6 Å². The molecule has 10 heteroatoms. The molecule has 0 radical (unpaired) electrons. The molecule has 2 aromatic heterocycles. The number of rotatable bonds is 8. The van der Waals surface area contributed by atoms with E-state index >= 15 is 0 Å². The Bertz CT molecular complexity index is 1020. The Hall–Kier alpha value is -2.58. The lowest BCUT2D eigenvalue weighted by Gasteiger charge is -2.06. The lowest BCUT2D eigenvalue weighted by atomic mass is 10.3. The number of aryl methyl sites for hydroxylation is 2. The van der Waals surface area contributed by atoms with Crippen molar-refractivity contribution in [1.82, 2.24) is 15.1 Å². The topological polar surface area (TPSA) is 69.3 Å². The quantitative estimate of drug-likeness (QED) is 0.509. The molecule has 0 unspecified atom stereocenters. The van der Waals surface area contributed by atoms with Crippen molar-refractivity contribution < 1.29 is 22.7 Å². The number of aromatic nitrogens is 2. The Morgan fingerprint density at radius 2 is 2.07 bits per heavy atom. The highest BCUT2D eigenvalue weighted by Crippen LogP contribution is 2.25. The first-order valence-electron chi connectivity index (χ1n) is 8.68. The fourth-order valence-electron chi connectivity index (χ4n) is 2.52. The summed E-state index contributed by atoms with van der Waals surface area (Å²) in [6, 6.07) is 6.03. The Morgan fingerprint density at radius 3 is 2.76 bits per heavy atom. The van der Waals surface area contributed by atoms with Crippen molar-refractivity contribution in [2.75, 3.05) is 6.54 Å². The van der Waals surface area contributed by atoms with Gasteiger partial charge in [-0.3, -0.25) is 9.48 Å². The Kier molecular flexibility index (Phi) is 6.76. The zero-order valence-electron chi connectivity index (χ0n) is 15.3. The number of benzene rings is 1. The van der Waals surface area contributed by atoms with Gasteiger partial charge in [0.15, 0.2) is 17.3 Å². The molecular weight excluding hydrogens is 427 g/mol. The van der Waals surface area contributed by atoms with E-state index in [9.17, 15) is 13.6 Å². The van der Waals surface area contributed by atoms with Crippen LogP contribution in [-0.4, -0.2) is 22.2 Å². The first-order valence-corrected chi connectivity index (χ1v) is 9.44. The summed E-state index contributed by atoms with van der Waals surface area (Å²) in [5.41, 5.74) is 0.645. The van der Waals surface area contributed by atoms with Gasteiger partial charge in [0.05, 0.1) is 5.69 Å². The molecule has 0 bridgehead atoms. The first kappa shape index (κ1) is 21.1. The number of furan rings is 1. The number of hydrogen-bond acceptors (Lipinski definition) is 4. The lowest BCUT2D eigenvalue weighted by Crippen LogP contribution is -2.25. The van der Waals surface area contributed by atoms with E-state index in [2.05, 4.69) is 10.4 Å². The van der Waals surface area contributed by atoms with Crippen LogP contribution in [-0.2, 0) is 13.2 Å². The van der Waals surface area contributed by atoms with Gasteiger partial charge in [-0.25, -0.2) is 8.78 Å². The van der Waals surface area contributed by atoms with Crippen LogP contribution < -0.4 is 10.1 Å². The molecule has 2 heterocycles. The van der Waals surface area contributed by atoms with E-state index < -0.39 is 17.5 Å². The summed E-state index contributed by atoms with van der Waals surface area (Å²) in [4.78, 5) is 12.1. The van der Waals surface area contributed by atoms with Crippen LogP contribution in [0.3, 0.4) is 0 Å². The van der Waals surface area contributed by atoms with E-state index in [0.717, 1.165) is 12.1 Å². The fourth-order valence-corrected chi connectivity index (χ4v) is 2.91. The van der Waals surface area contributed by atoms with Gasteiger partial charge in [0.25, 0.3) is 5.91 Å². The fraction of sp³-hybridized carbons (Fsp3) is 0.263. The highest BCUT2D eigenvalue weighted by molar-refractivity contribution is 6.41. The maximum atomic E-state index is 13.5. The smallest absolute Gasteiger partial charge is 0.286 e.